The summed E-state index contributed by atoms with van der Waals surface area (Å²) >= 11 is 0. The highest BCUT2D eigenvalue weighted by Crippen LogP contribution is 2.34. The Kier molecular flexibility index (Phi) is 2.48. The van der Waals surface area contributed by atoms with Crippen LogP contribution in [-0.4, -0.2) is 13.2 Å². The number of nitrogens with two attached hydrogens (primary N) is 1. The van der Waals surface area contributed by atoms with Gasteiger partial charge in [0.15, 0.2) is 5.75 Å². The Balaban J connectivity index is 2.36. The summed E-state index contributed by atoms with van der Waals surface area (Å²) in [5.74, 6) is 0.816. The molecule has 14 heavy (non-hydrogen) atoms. The van der Waals surface area contributed by atoms with Crippen molar-refractivity contribution in [3.05, 3.63) is 17.7 Å². The van der Waals surface area contributed by atoms with Gasteiger partial charge in [-0.2, -0.15) is 0 Å². The molecule has 0 amide bonds. The minimum atomic E-state index is 0.699. The summed E-state index contributed by atoms with van der Waals surface area (Å²) in [6.07, 6.45) is 2.21. The maximum Gasteiger partial charge on any atom is 0.165 e. The Morgan fingerprint density at radius 3 is 3.14 bits per heavy atom. The second-order valence-electron chi connectivity index (χ2n) is 3.59. The first-order valence-electron chi connectivity index (χ1n) is 5.10. The van der Waals surface area contributed by atoms with E-state index < -0.39 is 0 Å². The minimum absolute atomic E-state index is 0.699. The molecule has 0 radical (unpaired) electrons. The fraction of sp³-hybridized carbons (Fsp3) is 0.455. The molecule has 0 unspecified atom stereocenters. The van der Waals surface area contributed by atoms with E-state index in [1.54, 1.807) is 0 Å². The Morgan fingerprint density at radius 2 is 2.36 bits per heavy atom. The van der Waals surface area contributed by atoms with Crippen LogP contribution in [-0.2, 0) is 6.42 Å². The van der Waals surface area contributed by atoms with E-state index in [1.165, 1.54) is 5.56 Å². The number of benzene rings is 1. The zero-order valence-corrected chi connectivity index (χ0v) is 8.47. The van der Waals surface area contributed by atoms with Crippen molar-refractivity contribution in [1.29, 1.82) is 0 Å². The van der Waals surface area contributed by atoms with Gasteiger partial charge in [0.25, 0.3) is 0 Å². The predicted octanol–water partition coefficient (Wildman–Crippen LogP) is 2.03. The highest BCUT2D eigenvalue weighted by Gasteiger charge is 2.13. The number of fused-ring (bicyclic) bond motifs is 1. The molecule has 0 spiro atoms. The fourth-order valence-electron chi connectivity index (χ4n) is 1.78. The van der Waals surface area contributed by atoms with Crippen LogP contribution in [0, 0.1) is 0 Å². The van der Waals surface area contributed by atoms with Crippen molar-refractivity contribution in [2.24, 2.45) is 0 Å². The van der Waals surface area contributed by atoms with Crippen LogP contribution in [0.3, 0.4) is 0 Å². The first-order valence-corrected chi connectivity index (χ1v) is 5.10. The van der Waals surface area contributed by atoms with Crippen molar-refractivity contribution in [1.82, 2.24) is 0 Å². The molecular formula is C11H16N2O. The van der Waals surface area contributed by atoms with E-state index in [-0.39, 0.29) is 0 Å². The minimum Gasteiger partial charge on any atom is -0.487 e. The second kappa shape index (κ2) is 3.78. The Bertz CT molecular complexity index is 336. The van der Waals surface area contributed by atoms with Gasteiger partial charge in [-0.25, -0.2) is 0 Å². The molecule has 0 saturated carbocycles. The molecule has 1 aromatic carbocycles. The monoisotopic (exact) mass is 192 g/mol. The van der Waals surface area contributed by atoms with E-state index in [9.17, 15) is 0 Å². The van der Waals surface area contributed by atoms with E-state index >= 15 is 0 Å². The summed E-state index contributed by atoms with van der Waals surface area (Å²) in [5.41, 5.74) is 8.98. The largest absolute Gasteiger partial charge is 0.487 e. The molecule has 0 fully saturated rings. The number of hydrogen-bond donors (Lipinski definition) is 2. The molecule has 0 bridgehead atoms. The normalized spacial score (nSPS) is 14.1. The third kappa shape index (κ3) is 1.62. The smallest absolute Gasteiger partial charge is 0.165 e. The number of aryl methyl sites for hydroxylation is 1. The van der Waals surface area contributed by atoms with Crippen molar-refractivity contribution in [3.63, 3.8) is 0 Å². The van der Waals surface area contributed by atoms with E-state index in [4.69, 9.17) is 10.5 Å². The van der Waals surface area contributed by atoms with Gasteiger partial charge >= 0.3 is 0 Å². The van der Waals surface area contributed by atoms with Crippen LogP contribution in [0.4, 0.5) is 11.4 Å². The summed E-state index contributed by atoms with van der Waals surface area (Å²) < 4.78 is 5.50. The van der Waals surface area contributed by atoms with Crippen molar-refractivity contribution in [3.8, 4) is 5.75 Å². The van der Waals surface area contributed by atoms with E-state index in [2.05, 4.69) is 18.3 Å². The van der Waals surface area contributed by atoms with Crippen LogP contribution >= 0.6 is 0 Å². The molecule has 3 N–H and O–H groups in total. The molecule has 0 aromatic heterocycles. The Morgan fingerprint density at radius 1 is 1.50 bits per heavy atom. The molecule has 1 aromatic rings. The molecule has 2 rings (SSSR count). The maximum atomic E-state index is 5.91. The van der Waals surface area contributed by atoms with Crippen molar-refractivity contribution < 1.29 is 4.74 Å². The zero-order chi connectivity index (χ0) is 9.97. The fourth-order valence-corrected chi connectivity index (χ4v) is 1.78. The first kappa shape index (κ1) is 9.19. The molecule has 0 atom stereocenters. The van der Waals surface area contributed by atoms with Gasteiger partial charge in [0.05, 0.1) is 11.4 Å². The lowest BCUT2D eigenvalue weighted by Gasteiger charge is -2.21. The molecule has 1 aliphatic rings. The molecule has 1 heterocycles. The lowest BCUT2D eigenvalue weighted by Crippen LogP contribution is -2.19. The predicted molar refractivity (Wildman–Crippen MR) is 58.8 cm³/mol. The topological polar surface area (TPSA) is 47.3 Å². The summed E-state index contributed by atoms with van der Waals surface area (Å²) in [7, 11) is 0. The van der Waals surface area contributed by atoms with Crippen LogP contribution in [0.25, 0.3) is 0 Å². The quantitative estimate of drug-likeness (QED) is 0.705. The Hall–Kier alpha value is -1.38. The molecular weight excluding hydrogens is 176 g/mol. The van der Waals surface area contributed by atoms with Gasteiger partial charge < -0.3 is 15.8 Å². The van der Waals surface area contributed by atoms with Crippen LogP contribution < -0.4 is 15.8 Å². The maximum absolute atomic E-state index is 5.91. The van der Waals surface area contributed by atoms with Crippen molar-refractivity contribution >= 4 is 11.4 Å². The SMILES string of the molecule is CCCc1cc(N)c2c(c1)NCCO2. The highest BCUT2D eigenvalue weighted by atomic mass is 16.5. The van der Waals surface area contributed by atoms with Crippen LogP contribution in [0.5, 0.6) is 5.75 Å². The third-order valence-electron chi connectivity index (χ3n) is 2.38. The van der Waals surface area contributed by atoms with Gasteiger partial charge in [-0.3, -0.25) is 0 Å². The molecule has 1 aliphatic heterocycles. The van der Waals surface area contributed by atoms with Gasteiger partial charge in [0, 0.05) is 6.54 Å². The summed E-state index contributed by atoms with van der Waals surface area (Å²) in [6.45, 7) is 3.73. The van der Waals surface area contributed by atoms with Gasteiger partial charge in [0.1, 0.15) is 6.61 Å². The number of nitrogen functional groups attached to an aromatic ring is 1. The van der Waals surface area contributed by atoms with Crippen LogP contribution in [0.2, 0.25) is 0 Å². The number of rotatable bonds is 2. The second-order valence-corrected chi connectivity index (χ2v) is 3.59. The number of hydrogen-bond acceptors (Lipinski definition) is 3. The van der Waals surface area contributed by atoms with Crippen LogP contribution in [0.15, 0.2) is 12.1 Å². The van der Waals surface area contributed by atoms with Gasteiger partial charge in [-0.05, 0) is 24.1 Å². The molecule has 3 heteroatoms. The number of ether oxygens (including phenoxy) is 1. The van der Waals surface area contributed by atoms with Crippen LogP contribution in [0.1, 0.15) is 18.9 Å². The van der Waals surface area contributed by atoms with Gasteiger partial charge in [0.2, 0.25) is 0 Å². The summed E-state index contributed by atoms with van der Waals surface area (Å²) in [6, 6.07) is 4.14. The first-order chi connectivity index (χ1) is 6.81. The number of anilines is 2. The van der Waals surface area contributed by atoms with E-state index in [1.807, 2.05) is 6.07 Å². The average molecular weight is 192 g/mol. The van der Waals surface area contributed by atoms with E-state index in [0.717, 1.165) is 36.5 Å². The lowest BCUT2D eigenvalue weighted by molar-refractivity contribution is 0.325. The van der Waals surface area contributed by atoms with Crippen molar-refractivity contribution in [2.75, 3.05) is 24.2 Å². The zero-order valence-electron chi connectivity index (χ0n) is 8.47. The highest BCUT2D eigenvalue weighted by molar-refractivity contribution is 5.71. The number of nitrogens with one attached hydrogen (secondary N) is 1. The Labute approximate surface area is 84.3 Å². The third-order valence-corrected chi connectivity index (χ3v) is 2.38. The lowest BCUT2D eigenvalue weighted by atomic mass is 10.1. The van der Waals surface area contributed by atoms with Crippen molar-refractivity contribution in [2.45, 2.75) is 19.8 Å². The standard InChI is InChI=1S/C11H16N2O/c1-2-3-8-6-9(12)11-10(7-8)13-4-5-14-11/h6-7,13H,2-5,12H2,1H3. The van der Waals surface area contributed by atoms with E-state index in [0.29, 0.717) is 6.61 Å². The average Bonchev–Trinajstić information content (AvgIpc) is 2.18. The van der Waals surface area contributed by atoms with Gasteiger partial charge in [-0.1, -0.05) is 13.3 Å². The molecule has 3 nitrogen and oxygen atoms in total. The molecule has 0 saturated heterocycles. The molecule has 76 valence electrons. The summed E-state index contributed by atoms with van der Waals surface area (Å²) in [4.78, 5) is 0. The summed E-state index contributed by atoms with van der Waals surface area (Å²) in [5, 5.41) is 3.30. The molecule has 0 aliphatic carbocycles. The van der Waals surface area contributed by atoms with Gasteiger partial charge in [-0.15, -0.1) is 0 Å².